The molecular formula is C24H29NO3. The van der Waals surface area contributed by atoms with Crippen LogP contribution in [0.1, 0.15) is 53.9 Å². The first kappa shape index (κ1) is 19.0. The number of methoxy groups -OCH3 is 1. The number of carbonyl (C=O) groups excluding carboxylic acids is 1. The second kappa shape index (κ2) is 8.78. The lowest BCUT2D eigenvalue weighted by Gasteiger charge is -2.27. The molecule has 0 saturated heterocycles. The predicted molar refractivity (Wildman–Crippen MR) is 110 cm³/mol. The fourth-order valence-corrected chi connectivity index (χ4v) is 4.50. The molecule has 0 bridgehead atoms. The van der Waals surface area contributed by atoms with E-state index in [1.165, 1.54) is 29.5 Å². The number of esters is 1. The molecule has 4 rings (SSSR count). The van der Waals surface area contributed by atoms with Gasteiger partial charge in [0.05, 0.1) is 13.5 Å². The molecule has 0 radical (unpaired) electrons. The number of benzene rings is 2. The number of aryl methyl sites for hydroxylation is 1. The van der Waals surface area contributed by atoms with Crippen LogP contribution in [0.2, 0.25) is 0 Å². The van der Waals surface area contributed by atoms with Gasteiger partial charge in [-0.05, 0) is 91.9 Å². The zero-order valence-corrected chi connectivity index (χ0v) is 16.6. The zero-order valence-electron chi connectivity index (χ0n) is 16.6. The highest BCUT2D eigenvalue weighted by Gasteiger charge is 2.22. The van der Waals surface area contributed by atoms with Crippen LogP contribution >= 0.6 is 0 Å². The third-order valence-corrected chi connectivity index (χ3v) is 6.02. The first-order valence-corrected chi connectivity index (χ1v) is 10.4. The summed E-state index contributed by atoms with van der Waals surface area (Å²) in [5.74, 6) is 2.30. The Kier molecular flexibility index (Phi) is 5.96. The van der Waals surface area contributed by atoms with Crippen LogP contribution in [0.25, 0.3) is 0 Å². The minimum absolute atomic E-state index is 0.118. The average Bonchev–Trinajstić information content (AvgIpc) is 2.72. The van der Waals surface area contributed by atoms with Gasteiger partial charge in [-0.1, -0.05) is 24.3 Å². The summed E-state index contributed by atoms with van der Waals surface area (Å²) in [6.07, 6.45) is 7.02. The molecule has 1 N–H and O–H groups in total. The van der Waals surface area contributed by atoms with Gasteiger partial charge < -0.3 is 14.8 Å². The maximum absolute atomic E-state index is 11.5. The van der Waals surface area contributed by atoms with E-state index in [0.29, 0.717) is 12.3 Å². The Morgan fingerprint density at radius 2 is 2.07 bits per heavy atom. The lowest BCUT2D eigenvalue weighted by molar-refractivity contribution is -0.135. The molecular weight excluding hydrogens is 350 g/mol. The third-order valence-electron chi connectivity index (χ3n) is 6.02. The molecule has 0 fully saturated rings. The highest BCUT2D eigenvalue weighted by molar-refractivity contribution is 5.75. The molecule has 0 aromatic heterocycles. The number of ether oxygens (including phenoxy) is 2. The number of rotatable bonds is 7. The largest absolute Gasteiger partial charge is 0.496 e. The Hall–Kier alpha value is -2.33. The predicted octanol–water partition coefficient (Wildman–Crippen LogP) is 4.19. The maximum atomic E-state index is 11.5. The van der Waals surface area contributed by atoms with Crippen LogP contribution in [0.5, 0.6) is 11.5 Å². The summed E-state index contributed by atoms with van der Waals surface area (Å²) in [6, 6.07) is 12.8. The van der Waals surface area contributed by atoms with Crippen molar-refractivity contribution in [3.63, 3.8) is 0 Å². The second-order valence-corrected chi connectivity index (χ2v) is 7.82. The van der Waals surface area contributed by atoms with Gasteiger partial charge in [0.2, 0.25) is 0 Å². The van der Waals surface area contributed by atoms with E-state index in [9.17, 15) is 4.79 Å². The molecule has 2 aliphatic rings. The van der Waals surface area contributed by atoms with Gasteiger partial charge in [-0.15, -0.1) is 0 Å². The Balaban J connectivity index is 1.26. The van der Waals surface area contributed by atoms with Crippen LogP contribution in [0.3, 0.4) is 0 Å². The summed E-state index contributed by atoms with van der Waals surface area (Å²) in [7, 11) is 1.77. The van der Waals surface area contributed by atoms with Crippen molar-refractivity contribution in [2.45, 2.75) is 50.9 Å². The Labute approximate surface area is 167 Å². The number of hydrogen-bond donors (Lipinski definition) is 1. The summed E-state index contributed by atoms with van der Waals surface area (Å²) in [4.78, 5) is 11.5. The second-order valence-electron chi connectivity index (χ2n) is 7.82. The Bertz CT molecular complexity index is 846. The highest BCUT2D eigenvalue weighted by atomic mass is 16.5. The summed E-state index contributed by atoms with van der Waals surface area (Å²) in [5.41, 5.74) is 5.24. The van der Waals surface area contributed by atoms with Crippen molar-refractivity contribution < 1.29 is 14.3 Å². The fourth-order valence-electron chi connectivity index (χ4n) is 4.50. The summed E-state index contributed by atoms with van der Waals surface area (Å²) in [5, 5.41) is 3.59. The molecule has 148 valence electrons. The van der Waals surface area contributed by atoms with Crippen LogP contribution in [-0.2, 0) is 24.1 Å². The first-order chi connectivity index (χ1) is 13.7. The third kappa shape index (κ3) is 4.22. The zero-order chi connectivity index (χ0) is 19.3. The highest BCUT2D eigenvalue weighted by Crippen LogP contribution is 2.38. The molecule has 1 unspecified atom stereocenters. The topological polar surface area (TPSA) is 47.6 Å². The first-order valence-electron chi connectivity index (χ1n) is 10.4. The Morgan fingerprint density at radius 1 is 1.14 bits per heavy atom. The molecule has 2 aromatic rings. The van der Waals surface area contributed by atoms with Crippen LogP contribution in [-0.4, -0.2) is 26.2 Å². The molecule has 2 aromatic carbocycles. The van der Waals surface area contributed by atoms with Crippen molar-refractivity contribution in [2.75, 3.05) is 20.2 Å². The van der Waals surface area contributed by atoms with Gasteiger partial charge in [0.15, 0.2) is 0 Å². The Morgan fingerprint density at radius 3 is 2.96 bits per heavy atom. The normalized spacial score (nSPS) is 18.2. The van der Waals surface area contributed by atoms with Gasteiger partial charge in [0, 0.05) is 0 Å². The van der Waals surface area contributed by atoms with Gasteiger partial charge >= 0.3 is 5.97 Å². The van der Waals surface area contributed by atoms with Gasteiger partial charge in [0.25, 0.3) is 0 Å². The van der Waals surface area contributed by atoms with Crippen molar-refractivity contribution in [3.05, 3.63) is 58.7 Å². The van der Waals surface area contributed by atoms with Crippen molar-refractivity contribution in [3.8, 4) is 11.5 Å². The van der Waals surface area contributed by atoms with Gasteiger partial charge in [-0.3, -0.25) is 4.79 Å². The molecule has 1 aliphatic heterocycles. The summed E-state index contributed by atoms with van der Waals surface area (Å²) < 4.78 is 10.9. The minimum Gasteiger partial charge on any atom is -0.496 e. The minimum atomic E-state index is -0.118. The molecule has 1 heterocycles. The lowest BCUT2D eigenvalue weighted by Crippen LogP contribution is -2.22. The van der Waals surface area contributed by atoms with E-state index in [-0.39, 0.29) is 5.97 Å². The number of carbonyl (C=O) groups is 1. The van der Waals surface area contributed by atoms with Crippen molar-refractivity contribution in [2.24, 2.45) is 0 Å². The summed E-state index contributed by atoms with van der Waals surface area (Å²) >= 11 is 0. The fraction of sp³-hybridized carbons (Fsp3) is 0.458. The SMILES string of the molecule is COc1cccc2c1CCCC2CCNCCc1ccc2c(c1)OC(=O)CC2. The van der Waals surface area contributed by atoms with Gasteiger partial charge in [-0.25, -0.2) is 0 Å². The number of nitrogens with one attached hydrogen (secondary N) is 1. The van der Waals surface area contributed by atoms with E-state index in [2.05, 4.69) is 35.6 Å². The van der Waals surface area contributed by atoms with E-state index < -0.39 is 0 Å². The van der Waals surface area contributed by atoms with Crippen molar-refractivity contribution in [1.29, 1.82) is 0 Å². The molecule has 1 aliphatic carbocycles. The van der Waals surface area contributed by atoms with E-state index in [0.717, 1.165) is 55.8 Å². The monoisotopic (exact) mass is 379 g/mol. The molecule has 28 heavy (non-hydrogen) atoms. The van der Waals surface area contributed by atoms with Crippen LogP contribution < -0.4 is 14.8 Å². The quantitative estimate of drug-likeness (QED) is 0.445. The van der Waals surface area contributed by atoms with E-state index in [4.69, 9.17) is 9.47 Å². The molecule has 4 heteroatoms. The van der Waals surface area contributed by atoms with Crippen molar-refractivity contribution in [1.82, 2.24) is 5.32 Å². The maximum Gasteiger partial charge on any atom is 0.311 e. The van der Waals surface area contributed by atoms with Crippen LogP contribution in [0.4, 0.5) is 0 Å². The molecule has 0 saturated carbocycles. The molecule has 0 amide bonds. The van der Waals surface area contributed by atoms with E-state index in [1.807, 2.05) is 6.07 Å². The number of fused-ring (bicyclic) bond motifs is 2. The molecule has 4 nitrogen and oxygen atoms in total. The van der Waals surface area contributed by atoms with Gasteiger partial charge in [0.1, 0.15) is 11.5 Å². The summed E-state index contributed by atoms with van der Waals surface area (Å²) in [6.45, 7) is 1.95. The number of hydrogen-bond acceptors (Lipinski definition) is 4. The van der Waals surface area contributed by atoms with E-state index >= 15 is 0 Å². The average molecular weight is 380 g/mol. The molecule has 1 atom stereocenters. The van der Waals surface area contributed by atoms with Crippen molar-refractivity contribution >= 4 is 5.97 Å². The molecule has 0 spiro atoms. The lowest BCUT2D eigenvalue weighted by atomic mass is 9.80. The van der Waals surface area contributed by atoms with Gasteiger partial charge in [-0.2, -0.15) is 0 Å². The van der Waals surface area contributed by atoms with Crippen LogP contribution in [0, 0.1) is 0 Å². The van der Waals surface area contributed by atoms with E-state index in [1.54, 1.807) is 7.11 Å². The standard InChI is InChI=1S/C24H29NO3/c1-27-22-7-3-5-20-18(4-2-6-21(20)22)13-15-25-14-12-17-8-9-19-10-11-24(26)28-23(19)16-17/h3,5,7-9,16,18,25H,2,4,6,10-15H2,1H3. The van der Waals surface area contributed by atoms with Crippen LogP contribution in [0.15, 0.2) is 36.4 Å². The smallest absolute Gasteiger partial charge is 0.311 e.